The van der Waals surface area contributed by atoms with Crippen molar-refractivity contribution in [1.29, 1.82) is 0 Å². The minimum atomic E-state index is -0.746. The van der Waals surface area contributed by atoms with Gasteiger partial charge in [-0.2, -0.15) is 0 Å². The third kappa shape index (κ3) is 4.97. The summed E-state index contributed by atoms with van der Waals surface area (Å²) in [6.45, 7) is 5.84. The Morgan fingerprint density at radius 3 is 2.29 bits per heavy atom. The zero-order chi connectivity index (χ0) is 21.6. The highest BCUT2D eigenvalue weighted by Crippen LogP contribution is 2.26. The molecule has 3 aromatic carbocycles. The van der Waals surface area contributed by atoms with Gasteiger partial charge >= 0.3 is 0 Å². The third-order valence-corrected chi connectivity index (χ3v) is 5.64. The molecule has 4 rings (SSSR count). The van der Waals surface area contributed by atoms with Crippen LogP contribution in [0.15, 0.2) is 78.9 Å². The first-order valence-electron chi connectivity index (χ1n) is 11.0. The second-order valence-electron chi connectivity index (χ2n) is 8.20. The maximum atomic E-state index is 11.0. The summed E-state index contributed by atoms with van der Waals surface area (Å²) in [5.74, 6) is 2.13. The molecule has 0 aliphatic rings. The number of unbranched alkanes of at least 4 members (excludes halogenated alkanes) is 1. The molecule has 0 saturated carbocycles. The molecule has 1 aromatic heterocycles. The van der Waals surface area contributed by atoms with Crippen molar-refractivity contribution in [2.75, 3.05) is 6.61 Å². The molecule has 0 fully saturated rings. The van der Waals surface area contributed by atoms with E-state index >= 15 is 0 Å². The molecule has 0 aliphatic carbocycles. The third-order valence-electron chi connectivity index (χ3n) is 5.64. The number of ether oxygens (including phenoxy) is 1. The van der Waals surface area contributed by atoms with E-state index in [1.165, 1.54) is 5.56 Å². The van der Waals surface area contributed by atoms with Crippen LogP contribution in [-0.4, -0.2) is 21.3 Å². The molecule has 0 radical (unpaired) electrons. The van der Waals surface area contributed by atoms with E-state index in [2.05, 4.69) is 36.6 Å². The molecule has 160 valence electrons. The van der Waals surface area contributed by atoms with Crippen LogP contribution < -0.4 is 4.74 Å². The molecule has 0 bridgehead atoms. The molecule has 1 unspecified atom stereocenters. The molecule has 0 aliphatic heterocycles. The Bertz CT molecular complexity index is 1100. The zero-order valence-electron chi connectivity index (χ0n) is 18.2. The highest BCUT2D eigenvalue weighted by molar-refractivity contribution is 5.76. The van der Waals surface area contributed by atoms with Crippen molar-refractivity contribution in [3.05, 3.63) is 95.8 Å². The predicted octanol–water partition coefficient (Wildman–Crippen LogP) is 6.10. The van der Waals surface area contributed by atoms with Crippen LogP contribution in [0, 0.1) is 0 Å². The van der Waals surface area contributed by atoms with Crippen LogP contribution in [0.25, 0.3) is 11.0 Å². The van der Waals surface area contributed by atoms with Gasteiger partial charge in [0.2, 0.25) is 0 Å². The highest BCUT2D eigenvalue weighted by atomic mass is 16.5. The van der Waals surface area contributed by atoms with Crippen LogP contribution in [0.3, 0.4) is 0 Å². The largest absolute Gasteiger partial charge is 0.494 e. The quantitative estimate of drug-likeness (QED) is 0.337. The summed E-state index contributed by atoms with van der Waals surface area (Å²) in [6.07, 6.45) is 1.13. The van der Waals surface area contributed by atoms with E-state index in [0.717, 1.165) is 41.7 Å². The smallest absolute Gasteiger partial charge is 0.143 e. The summed E-state index contributed by atoms with van der Waals surface area (Å²) in [4.78, 5) is 4.74. The van der Waals surface area contributed by atoms with E-state index in [1.807, 2.05) is 60.7 Å². The molecule has 31 heavy (non-hydrogen) atoms. The number of aryl methyl sites for hydroxylation is 1. The number of hydrogen-bond acceptors (Lipinski definition) is 3. The Morgan fingerprint density at radius 1 is 0.839 bits per heavy atom. The molecule has 1 heterocycles. The van der Waals surface area contributed by atoms with Crippen molar-refractivity contribution < 1.29 is 9.84 Å². The number of nitrogens with zero attached hydrogens (tertiary/aromatic N) is 2. The number of imidazole rings is 1. The fraction of sp³-hybridized carbons (Fsp3) is 0.296. The summed E-state index contributed by atoms with van der Waals surface area (Å²) >= 11 is 0. The standard InChI is InChI=1S/C27H30N2O2/c1-20(2)21-14-16-23(17-15-21)31-19-9-8-18-29-25-13-7-6-12-24(25)28-27(29)26(30)22-10-4-3-5-11-22/h3-7,10-17,20,26,30H,8-9,18-19H2,1-2H3. The number of aliphatic hydroxyl groups excluding tert-OH is 1. The summed E-state index contributed by atoms with van der Waals surface area (Å²) in [5, 5.41) is 11.0. The predicted molar refractivity (Wildman–Crippen MR) is 125 cm³/mol. The summed E-state index contributed by atoms with van der Waals surface area (Å²) in [7, 11) is 0. The molecular formula is C27H30N2O2. The maximum Gasteiger partial charge on any atom is 0.143 e. The van der Waals surface area contributed by atoms with E-state index in [0.29, 0.717) is 18.3 Å². The van der Waals surface area contributed by atoms with Crippen LogP contribution >= 0.6 is 0 Å². The molecule has 4 heteroatoms. The summed E-state index contributed by atoms with van der Waals surface area (Å²) in [5.41, 5.74) is 4.14. The Morgan fingerprint density at radius 2 is 1.55 bits per heavy atom. The number of aromatic nitrogens is 2. The van der Waals surface area contributed by atoms with Gasteiger partial charge in [0.15, 0.2) is 0 Å². The number of rotatable bonds is 9. The normalized spacial score (nSPS) is 12.4. The van der Waals surface area contributed by atoms with Gasteiger partial charge < -0.3 is 14.4 Å². The topological polar surface area (TPSA) is 47.3 Å². The lowest BCUT2D eigenvalue weighted by Crippen LogP contribution is -2.11. The van der Waals surface area contributed by atoms with Gasteiger partial charge in [-0.1, -0.05) is 68.4 Å². The first kappa shape index (κ1) is 21.1. The monoisotopic (exact) mass is 414 g/mol. The van der Waals surface area contributed by atoms with Crippen LogP contribution in [0.5, 0.6) is 5.75 Å². The highest BCUT2D eigenvalue weighted by Gasteiger charge is 2.19. The van der Waals surface area contributed by atoms with Gasteiger partial charge in [0, 0.05) is 6.54 Å². The molecule has 0 spiro atoms. The summed E-state index contributed by atoms with van der Waals surface area (Å²) in [6, 6.07) is 26.1. The second kappa shape index (κ2) is 9.80. The van der Waals surface area contributed by atoms with Crippen LogP contribution in [0.1, 0.15) is 55.7 Å². The SMILES string of the molecule is CC(C)c1ccc(OCCCCn2c(C(O)c3ccccc3)nc3ccccc32)cc1. The van der Waals surface area contributed by atoms with Crippen LogP contribution in [0.2, 0.25) is 0 Å². The van der Waals surface area contributed by atoms with Gasteiger partial charge in [0.1, 0.15) is 17.7 Å². The van der Waals surface area contributed by atoms with E-state index in [9.17, 15) is 5.11 Å². The van der Waals surface area contributed by atoms with Crippen molar-refractivity contribution in [2.24, 2.45) is 0 Å². The van der Waals surface area contributed by atoms with Gasteiger partial charge in [0.05, 0.1) is 17.6 Å². The van der Waals surface area contributed by atoms with Crippen molar-refractivity contribution >= 4 is 11.0 Å². The van der Waals surface area contributed by atoms with Gasteiger partial charge in [-0.3, -0.25) is 0 Å². The van der Waals surface area contributed by atoms with E-state index < -0.39 is 6.10 Å². The number of aliphatic hydroxyl groups is 1. The summed E-state index contributed by atoms with van der Waals surface area (Å²) < 4.78 is 8.06. The fourth-order valence-corrected chi connectivity index (χ4v) is 3.83. The van der Waals surface area contributed by atoms with Crippen LogP contribution in [0.4, 0.5) is 0 Å². The lowest BCUT2D eigenvalue weighted by atomic mass is 10.0. The van der Waals surface area contributed by atoms with Crippen molar-refractivity contribution in [3.8, 4) is 5.75 Å². The Hall–Kier alpha value is -3.11. The van der Waals surface area contributed by atoms with Gasteiger partial charge in [0.25, 0.3) is 0 Å². The Kier molecular flexibility index (Phi) is 6.68. The Labute approximate surface area is 184 Å². The average Bonchev–Trinajstić information content (AvgIpc) is 3.18. The zero-order valence-corrected chi connectivity index (χ0v) is 18.2. The average molecular weight is 415 g/mol. The molecule has 4 nitrogen and oxygen atoms in total. The molecule has 4 aromatic rings. The lowest BCUT2D eigenvalue weighted by molar-refractivity contribution is 0.204. The molecule has 1 atom stereocenters. The molecule has 0 saturated heterocycles. The first-order valence-corrected chi connectivity index (χ1v) is 11.0. The van der Waals surface area contributed by atoms with Gasteiger partial charge in [-0.05, 0) is 54.2 Å². The Balaban J connectivity index is 1.41. The van der Waals surface area contributed by atoms with E-state index in [4.69, 9.17) is 9.72 Å². The minimum absolute atomic E-state index is 0.527. The number of para-hydroxylation sites is 2. The minimum Gasteiger partial charge on any atom is -0.494 e. The second-order valence-corrected chi connectivity index (χ2v) is 8.20. The van der Waals surface area contributed by atoms with Crippen LogP contribution in [-0.2, 0) is 6.54 Å². The molecule has 1 N–H and O–H groups in total. The molecule has 0 amide bonds. The van der Waals surface area contributed by atoms with Crippen molar-refractivity contribution in [3.63, 3.8) is 0 Å². The van der Waals surface area contributed by atoms with Gasteiger partial charge in [-0.25, -0.2) is 4.98 Å². The lowest BCUT2D eigenvalue weighted by Gasteiger charge is -2.15. The number of fused-ring (bicyclic) bond motifs is 1. The maximum absolute atomic E-state index is 11.0. The van der Waals surface area contributed by atoms with Gasteiger partial charge in [-0.15, -0.1) is 0 Å². The van der Waals surface area contributed by atoms with E-state index in [1.54, 1.807) is 0 Å². The number of hydrogen-bond donors (Lipinski definition) is 1. The first-order chi connectivity index (χ1) is 15.1. The van der Waals surface area contributed by atoms with Crippen molar-refractivity contribution in [1.82, 2.24) is 9.55 Å². The van der Waals surface area contributed by atoms with Crippen molar-refractivity contribution in [2.45, 2.75) is 45.3 Å². The van der Waals surface area contributed by atoms with E-state index in [-0.39, 0.29) is 0 Å². The molecular weight excluding hydrogens is 384 g/mol. The fourth-order valence-electron chi connectivity index (χ4n) is 3.83. The number of benzene rings is 3.